The number of anilines is 1. The molecule has 0 fully saturated rings. The van der Waals surface area contributed by atoms with Crippen molar-refractivity contribution in [2.45, 2.75) is 12.7 Å². The van der Waals surface area contributed by atoms with Gasteiger partial charge in [0.25, 0.3) is 5.91 Å². The number of nitrogens with two attached hydrogens (primary N) is 1. The summed E-state index contributed by atoms with van der Waals surface area (Å²) in [6.45, 7) is 2.30. The molecule has 2 aromatic carbocycles. The number of hydrogen-bond acceptors (Lipinski definition) is 5. The third-order valence-electron chi connectivity index (χ3n) is 3.82. The summed E-state index contributed by atoms with van der Waals surface area (Å²) >= 11 is 1.34. The van der Waals surface area contributed by atoms with Crippen LogP contribution in [0.2, 0.25) is 0 Å². The Labute approximate surface area is 168 Å². The topological polar surface area (TPSA) is 98.5 Å². The van der Waals surface area contributed by atoms with Gasteiger partial charge in [-0.1, -0.05) is 42.5 Å². The zero-order chi connectivity index (χ0) is 20.1. The molecule has 0 spiro atoms. The van der Waals surface area contributed by atoms with E-state index in [9.17, 15) is 13.2 Å². The lowest BCUT2D eigenvalue weighted by atomic mass is 10.2. The van der Waals surface area contributed by atoms with E-state index in [4.69, 9.17) is 9.88 Å². The second kappa shape index (κ2) is 8.55. The summed E-state index contributed by atoms with van der Waals surface area (Å²) in [6.07, 6.45) is 0. The fourth-order valence-electron chi connectivity index (χ4n) is 2.70. The molecule has 3 rings (SSSR count). The quantitative estimate of drug-likeness (QED) is 0.611. The SMILES string of the molecule is CCOc1cc(-c2ccccc2)sc1C(=O)Nc1cccc(CS(N)(=O)=O)c1. The standard InChI is InChI=1S/C20H20N2O4S2/c1-2-26-17-12-18(15-8-4-3-5-9-15)27-19(17)20(23)22-16-10-6-7-14(11-16)13-28(21,24)25/h3-12H,2,13H2,1H3,(H,22,23)(H2,21,24,25). The summed E-state index contributed by atoms with van der Waals surface area (Å²) in [6, 6.07) is 18.2. The summed E-state index contributed by atoms with van der Waals surface area (Å²) in [5, 5.41) is 7.89. The molecule has 3 aromatic rings. The average Bonchev–Trinajstić information content (AvgIpc) is 3.06. The summed E-state index contributed by atoms with van der Waals surface area (Å²) in [7, 11) is -3.65. The highest BCUT2D eigenvalue weighted by Crippen LogP contribution is 2.36. The maximum Gasteiger partial charge on any atom is 0.269 e. The molecule has 0 aliphatic heterocycles. The van der Waals surface area contributed by atoms with Crippen LogP contribution in [0.3, 0.4) is 0 Å². The fraction of sp³-hybridized carbons (Fsp3) is 0.150. The molecular formula is C20H20N2O4S2. The Balaban J connectivity index is 1.86. The van der Waals surface area contributed by atoms with Gasteiger partial charge in [-0.25, -0.2) is 13.6 Å². The van der Waals surface area contributed by atoms with Crippen LogP contribution in [-0.2, 0) is 15.8 Å². The lowest BCUT2D eigenvalue weighted by molar-refractivity contribution is 0.102. The summed E-state index contributed by atoms with van der Waals surface area (Å²) in [4.78, 5) is 14.2. The number of amides is 1. The van der Waals surface area contributed by atoms with E-state index in [-0.39, 0.29) is 11.7 Å². The minimum absolute atomic E-state index is 0.294. The van der Waals surface area contributed by atoms with Gasteiger partial charge >= 0.3 is 0 Å². The predicted molar refractivity (Wildman–Crippen MR) is 112 cm³/mol. The summed E-state index contributed by atoms with van der Waals surface area (Å²) in [5.74, 6) is -0.0918. The van der Waals surface area contributed by atoms with Gasteiger partial charge in [0.15, 0.2) is 0 Å². The zero-order valence-corrected chi connectivity index (χ0v) is 16.8. The molecule has 0 bridgehead atoms. The van der Waals surface area contributed by atoms with Gasteiger partial charge in [-0.15, -0.1) is 11.3 Å². The Hall–Kier alpha value is -2.68. The van der Waals surface area contributed by atoms with Gasteiger partial charge in [-0.05, 0) is 36.2 Å². The first-order valence-corrected chi connectivity index (χ1v) is 11.1. The number of sulfonamides is 1. The number of thiophene rings is 1. The molecule has 0 radical (unpaired) electrons. The lowest BCUT2D eigenvalue weighted by Gasteiger charge is -2.08. The normalized spacial score (nSPS) is 11.2. The molecule has 1 aromatic heterocycles. The third-order valence-corrected chi connectivity index (χ3v) is 5.71. The Bertz CT molecular complexity index is 1080. The first-order valence-electron chi connectivity index (χ1n) is 8.58. The second-order valence-corrected chi connectivity index (χ2v) is 8.73. The van der Waals surface area contributed by atoms with Crippen LogP contribution in [0.4, 0.5) is 5.69 Å². The molecule has 1 amide bonds. The van der Waals surface area contributed by atoms with Gasteiger partial charge in [0.05, 0.1) is 12.4 Å². The van der Waals surface area contributed by atoms with E-state index in [1.165, 1.54) is 11.3 Å². The van der Waals surface area contributed by atoms with Crippen LogP contribution in [-0.4, -0.2) is 20.9 Å². The van der Waals surface area contributed by atoms with Crippen molar-refractivity contribution < 1.29 is 17.9 Å². The van der Waals surface area contributed by atoms with Gasteiger partial charge in [-0.2, -0.15) is 0 Å². The zero-order valence-electron chi connectivity index (χ0n) is 15.2. The largest absolute Gasteiger partial charge is 0.492 e. The summed E-state index contributed by atoms with van der Waals surface area (Å²) < 4.78 is 28.2. The van der Waals surface area contributed by atoms with Gasteiger partial charge in [-0.3, -0.25) is 4.79 Å². The lowest BCUT2D eigenvalue weighted by Crippen LogP contribution is -2.15. The van der Waals surface area contributed by atoms with Crippen LogP contribution in [0.1, 0.15) is 22.2 Å². The first kappa shape index (κ1) is 20.1. The average molecular weight is 417 g/mol. The van der Waals surface area contributed by atoms with Crippen molar-refractivity contribution in [2.75, 3.05) is 11.9 Å². The van der Waals surface area contributed by atoms with Crippen LogP contribution in [0, 0.1) is 0 Å². The van der Waals surface area contributed by atoms with Gasteiger partial charge < -0.3 is 10.1 Å². The number of carbonyl (C=O) groups excluding carboxylic acids is 1. The molecule has 28 heavy (non-hydrogen) atoms. The van der Waals surface area contributed by atoms with E-state index in [2.05, 4.69) is 5.32 Å². The first-order chi connectivity index (χ1) is 13.4. The maximum atomic E-state index is 12.8. The highest BCUT2D eigenvalue weighted by molar-refractivity contribution is 7.88. The Morgan fingerprint density at radius 1 is 1.11 bits per heavy atom. The molecule has 0 aliphatic rings. The van der Waals surface area contributed by atoms with E-state index in [0.717, 1.165) is 10.4 Å². The van der Waals surface area contributed by atoms with Crippen molar-refractivity contribution in [2.24, 2.45) is 5.14 Å². The van der Waals surface area contributed by atoms with Crippen LogP contribution in [0.25, 0.3) is 10.4 Å². The van der Waals surface area contributed by atoms with Crippen molar-refractivity contribution in [3.63, 3.8) is 0 Å². The third kappa shape index (κ3) is 5.19. The molecule has 0 aliphatic carbocycles. The molecule has 0 atom stereocenters. The van der Waals surface area contributed by atoms with E-state index in [1.807, 2.05) is 43.3 Å². The van der Waals surface area contributed by atoms with E-state index in [0.29, 0.717) is 28.5 Å². The van der Waals surface area contributed by atoms with Crippen molar-refractivity contribution in [1.82, 2.24) is 0 Å². The number of benzene rings is 2. The number of carbonyl (C=O) groups is 1. The Kier molecular flexibility index (Phi) is 6.13. The highest BCUT2D eigenvalue weighted by atomic mass is 32.2. The van der Waals surface area contributed by atoms with Crippen molar-refractivity contribution in [1.29, 1.82) is 0 Å². The second-order valence-electron chi connectivity index (χ2n) is 6.06. The van der Waals surface area contributed by atoms with Crippen molar-refractivity contribution in [3.05, 3.63) is 71.1 Å². The van der Waals surface area contributed by atoms with Gasteiger partial charge in [0.2, 0.25) is 10.0 Å². The molecular weight excluding hydrogens is 396 g/mol. The molecule has 6 nitrogen and oxygen atoms in total. The fourth-order valence-corrected chi connectivity index (χ4v) is 4.35. The smallest absolute Gasteiger partial charge is 0.269 e. The van der Waals surface area contributed by atoms with E-state index < -0.39 is 10.0 Å². The predicted octanol–water partition coefficient (Wildman–Crippen LogP) is 3.85. The van der Waals surface area contributed by atoms with Gasteiger partial charge in [0, 0.05) is 10.6 Å². The van der Waals surface area contributed by atoms with E-state index >= 15 is 0 Å². The summed E-state index contributed by atoms with van der Waals surface area (Å²) in [5.41, 5.74) is 1.99. The molecule has 3 N–H and O–H groups in total. The molecule has 8 heteroatoms. The monoisotopic (exact) mass is 416 g/mol. The number of hydrogen-bond donors (Lipinski definition) is 2. The van der Waals surface area contributed by atoms with Crippen LogP contribution >= 0.6 is 11.3 Å². The number of nitrogens with one attached hydrogen (secondary N) is 1. The Morgan fingerprint density at radius 2 is 1.86 bits per heavy atom. The van der Waals surface area contributed by atoms with Crippen LogP contribution in [0.5, 0.6) is 5.75 Å². The molecule has 0 saturated heterocycles. The van der Waals surface area contributed by atoms with Crippen molar-refractivity contribution in [3.8, 4) is 16.2 Å². The minimum Gasteiger partial charge on any atom is -0.492 e. The van der Waals surface area contributed by atoms with Crippen molar-refractivity contribution >= 4 is 33.0 Å². The minimum atomic E-state index is -3.65. The Morgan fingerprint density at radius 3 is 2.54 bits per heavy atom. The van der Waals surface area contributed by atoms with Crippen LogP contribution < -0.4 is 15.2 Å². The molecule has 0 unspecified atom stereocenters. The highest BCUT2D eigenvalue weighted by Gasteiger charge is 2.19. The number of primary sulfonamides is 1. The molecule has 1 heterocycles. The van der Waals surface area contributed by atoms with Crippen LogP contribution in [0.15, 0.2) is 60.7 Å². The molecule has 146 valence electrons. The van der Waals surface area contributed by atoms with E-state index in [1.54, 1.807) is 24.3 Å². The number of ether oxygens (including phenoxy) is 1. The number of rotatable bonds is 7. The molecule has 0 saturated carbocycles. The van der Waals surface area contributed by atoms with Gasteiger partial charge in [0.1, 0.15) is 10.6 Å². The maximum absolute atomic E-state index is 12.8.